The normalized spacial score (nSPS) is 18.6. The molecule has 0 radical (unpaired) electrons. The average Bonchev–Trinajstić information content (AvgIpc) is 3.10. The quantitative estimate of drug-likeness (QED) is 0.515. The molecule has 1 amide bonds. The van der Waals surface area contributed by atoms with Gasteiger partial charge in [-0.25, -0.2) is 23.3 Å². The van der Waals surface area contributed by atoms with Gasteiger partial charge in [-0.3, -0.25) is 0 Å². The second-order valence-electron chi connectivity index (χ2n) is 11.1. The van der Waals surface area contributed by atoms with Crippen LogP contribution in [-0.2, 0) is 21.2 Å². The van der Waals surface area contributed by atoms with Crippen LogP contribution in [0.2, 0.25) is 0 Å². The number of aromatic nitrogens is 1. The Bertz CT molecular complexity index is 1170. The Morgan fingerprint density at radius 1 is 1.22 bits per heavy atom. The SMILES string of the molecule is CCc1ccccc1C(CCNc1cccc(S(N)(=O)=O)n1)C1CN(C(=O)OC(C)(C)C)C(C)(C)C1. The summed E-state index contributed by atoms with van der Waals surface area (Å²) in [5.41, 5.74) is 1.71. The van der Waals surface area contributed by atoms with Gasteiger partial charge in [-0.15, -0.1) is 0 Å². The van der Waals surface area contributed by atoms with E-state index in [0.717, 1.165) is 19.3 Å². The summed E-state index contributed by atoms with van der Waals surface area (Å²) in [6.07, 6.45) is 2.29. The van der Waals surface area contributed by atoms with Gasteiger partial charge in [0.05, 0.1) is 0 Å². The summed E-state index contributed by atoms with van der Waals surface area (Å²) in [7, 11) is -3.87. The number of rotatable bonds is 8. The van der Waals surface area contributed by atoms with Crippen molar-refractivity contribution in [1.82, 2.24) is 9.88 Å². The standard InChI is InChI=1S/C27H40N4O4S/c1-7-19-11-8-9-12-21(19)22(15-16-29-23-13-10-14-24(30-23)36(28,33)34)20-17-27(5,6)31(18-20)25(32)35-26(2,3)4/h8-14,20,22H,7,15-18H2,1-6H3,(H,29,30)(H2,28,33,34). The zero-order valence-corrected chi connectivity index (χ0v) is 23.1. The molecular weight excluding hydrogens is 476 g/mol. The monoisotopic (exact) mass is 516 g/mol. The summed E-state index contributed by atoms with van der Waals surface area (Å²) < 4.78 is 29.1. The fraction of sp³-hybridized carbons (Fsp3) is 0.556. The van der Waals surface area contributed by atoms with Crippen molar-refractivity contribution in [3.05, 3.63) is 53.6 Å². The summed E-state index contributed by atoms with van der Waals surface area (Å²) in [5.74, 6) is 0.902. The van der Waals surface area contributed by atoms with Crippen molar-refractivity contribution in [2.45, 2.75) is 82.9 Å². The molecule has 1 aromatic carbocycles. The van der Waals surface area contributed by atoms with Gasteiger partial charge in [-0.2, -0.15) is 0 Å². The van der Waals surface area contributed by atoms with Crippen LogP contribution in [0.1, 0.15) is 71.4 Å². The van der Waals surface area contributed by atoms with E-state index >= 15 is 0 Å². The second kappa shape index (κ2) is 10.8. The molecular formula is C27H40N4O4S. The van der Waals surface area contributed by atoms with Crippen LogP contribution in [0.15, 0.2) is 47.5 Å². The molecule has 1 saturated heterocycles. The Labute approximate surface area is 215 Å². The van der Waals surface area contributed by atoms with E-state index in [9.17, 15) is 13.2 Å². The summed E-state index contributed by atoms with van der Waals surface area (Å²) in [5, 5.41) is 8.34. The van der Waals surface area contributed by atoms with E-state index in [2.05, 4.69) is 55.3 Å². The molecule has 1 aromatic heterocycles. The molecule has 0 aliphatic carbocycles. The van der Waals surface area contributed by atoms with Gasteiger partial charge < -0.3 is 15.0 Å². The second-order valence-corrected chi connectivity index (χ2v) is 12.7. The van der Waals surface area contributed by atoms with Crippen molar-refractivity contribution in [3.8, 4) is 0 Å². The Morgan fingerprint density at radius 2 is 1.92 bits per heavy atom. The first-order valence-electron chi connectivity index (χ1n) is 12.5. The number of ether oxygens (including phenoxy) is 1. The molecule has 8 nitrogen and oxygen atoms in total. The molecule has 2 atom stereocenters. The lowest BCUT2D eigenvalue weighted by molar-refractivity contribution is 0.0130. The fourth-order valence-electron chi connectivity index (χ4n) is 5.10. The minimum Gasteiger partial charge on any atom is -0.444 e. The smallest absolute Gasteiger partial charge is 0.410 e. The number of primary sulfonamides is 1. The Balaban J connectivity index is 1.83. The van der Waals surface area contributed by atoms with Crippen molar-refractivity contribution in [2.24, 2.45) is 11.1 Å². The van der Waals surface area contributed by atoms with Gasteiger partial charge in [0.2, 0.25) is 0 Å². The van der Waals surface area contributed by atoms with E-state index in [1.807, 2.05) is 25.7 Å². The molecule has 2 aromatic rings. The molecule has 2 heterocycles. The number of nitrogens with one attached hydrogen (secondary N) is 1. The van der Waals surface area contributed by atoms with Gasteiger partial charge in [-0.1, -0.05) is 37.3 Å². The molecule has 1 aliphatic rings. The van der Waals surface area contributed by atoms with E-state index in [0.29, 0.717) is 18.9 Å². The van der Waals surface area contributed by atoms with Crippen molar-refractivity contribution in [2.75, 3.05) is 18.4 Å². The lowest BCUT2D eigenvalue weighted by Crippen LogP contribution is -2.45. The molecule has 9 heteroatoms. The van der Waals surface area contributed by atoms with Gasteiger partial charge in [0.25, 0.3) is 10.0 Å². The van der Waals surface area contributed by atoms with Gasteiger partial charge in [0.15, 0.2) is 5.03 Å². The third-order valence-corrected chi connectivity index (χ3v) is 7.51. The first kappa shape index (κ1) is 27.9. The Morgan fingerprint density at radius 3 is 2.56 bits per heavy atom. The Hall–Kier alpha value is -2.65. The van der Waals surface area contributed by atoms with Gasteiger partial charge in [0.1, 0.15) is 11.4 Å². The van der Waals surface area contributed by atoms with Gasteiger partial charge in [0, 0.05) is 18.6 Å². The van der Waals surface area contributed by atoms with E-state index in [1.165, 1.54) is 17.2 Å². The van der Waals surface area contributed by atoms with Crippen LogP contribution in [0.25, 0.3) is 0 Å². The highest BCUT2D eigenvalue weighted by atomic mass is 32.2. The van der Waals surface area contributed by atoms with Crippen LogP contribution < -0.4 is 10.5 Å². The highest BCUT2D eigenvalue weighted by Crippen LogP contribution is 2.43. The minimum atomic E-state index is -3.87. The van der Waals surface area contributed by atoms with E-state index in [4.69, 9.17) is 9.88 Å². The molecule has 2 unspecified atom stereocenters. The predicted octanol–water partition coefficient (Wildman–Crippen LogP) is 4.91. The average molecular weight is 517 g/mol. The molecule has 0 bridgehead atoms. The van der Waals surface area contributed by atoms with Crippen molar-refractivity contribution in [3.63, 3.8) is 0 Å². The van der Waals surface area contributed by atoms with E-state index in [-0.39, 0.29) is 28.5 Å². The molecule has 1 fully saturated rings. The lowest BCUT2D eigenvalue weighted by atomic mass is 9.78. The number of likely N-dealkylation sites (tertiary alicyclic amines) is 1. The molecule has 0 saturated carbocycles. The third kappa shape index (κ3) is 6.97. The third-order valence-electron chi connectivity index (χ3n) is 6.70. The lowest BCUT2D eigenvalue weighted by Gasteiger charge is -2.33. The molecule has 0 spiro atoms. The number of benzene rings is 1. The maximum absolute atomic E-state index is 13.0. The highest BCUT2D eigenvalue weighted by molar-refractivity contribution is 7.89. The van der Waals surface area contributed by atoms with E-state index < -0.39 is 15.6 Å². The molecule has 3 rings (SSSR count). The predicted molar refractivity (Wildman–Crippen MR) is 142 cm³/mol. The summed E-state index contributed by atoms with van der Waals surface area (Å²) >= 11 is 0. The zero-order chi connectivity index (χ0) is 26.7. The van der Waals surface area contributed by atoms with Crippen LogP contribution in [0.5, 0.6) is 0 Å². The number of amides is 1. The number of carbonyl (C=O) groups excluding carboxylic acids is 1. The van der Waals surface area contributed by atoms with Gasteiger partial charge in [-0.05, 0) is 89.0 Å². The summed E-state index contributed by atoms with van der Waals surface area (Å²) in [6.45, 7) is 13.2. The van der Waals surface area contributed by atoms with Crippen LogP contribution in [0.4, 0.5) is 10.6 Å². The minimum absolute atomic E-state index is 0.161. The largest absolute Gasteiger partial charge is 0.444 e. The van der Waals surface area contributed by atoms with E-state index in [1.54, 1.807) is 12.1 Å². The van der Waals surface area contributed by atoms with Crippen LogP contribution in [0, 0.1) is 5.92 Å². The number of hydrogen-bond acceptors (Lipinski definition) is 6. The number of sulfonamides is 1. The van der Waals surface area contributed by atoms with Crippen LogP contribution in [-0.4, -0.2) is 48.6 Å². The number of pyridine rings is 1. The van der Waals surface area contributed by atoms with Crippen LogP contribution >= 0.6 is 0 Å². The topological polar surface area (TPSA) is 115 Å². The molecule has 1 aliphatic heterocycles. The fourth-order valence-corrected chi connectivity index (χ4v) is 5.59. The maximum Gasteiger partial charge on any atom is 0.410 e. The number of anilines is 1. The molecule has 198 valence electrons. The first-order valence-corrected chi connectivity index (χ1v) is 14.1. The van der Waals surface area contributed by atoms with Crippen LogP contribution in [0.3, 0.4) is 0 Å². The maximum atomic E-state index is 13.0. The van der Waals surface area contributed by atoms with Crippen molar-refractivity contribution in [1.29, 1.82) is 0 Å². The molecule has 3 N–H and O–H groups in total. The summed E-state index contributed by atoms with van der Waals surface area (Å²) in [6, 6.07) is 13.2. The number of carbonyl (C=O) groups is 1. The van der Waals surface area contributed by atoms with Gasteiger partial charge >= 0.3 is 6.09 Å². The van der Waals surface area contributed by atoms with Crippen molar-refractivity contribution < 1.29 is 17.9 Å². The first-order chi connectivity index (χ1) is 16.7. The molecule has 36 heavy (non-hydrogen) atoms. The van der Waals surface area contributed by atoms with Crippen molar-refractivity contribution >= 4 is 21.9 Å². The number of hydrogen-bond donors (Lipinski definition) is 2. The Kier molecular flexibility index (Phi) is 8.35. The zero-order valence-electron chi connectivity index (χ0n) is 22.2. The number of nitrogens with zero attached hydrogens (tertiary/aromatic N) is 2. The number of nitrogens with two attached hydrogens (primary N) is 1. The highest BCUT2D eigenvalue weighted by Gasteiger charge is 2.45. The summed E-state index contributed by atoms with van der Waals surface area (Å²) in [4.78, 5) is 19.1. The number of aryl methyl sites for hydroxylation is 1.